The Balaban J connectivity index is 1.19. The van der Waals surface area contributed by atoms with E-state index in [0.29, 0.717) is 36.5 Å². The maximum Gasteiger partial charge on any atom is 0.261 e. The van der Waals surface area contributed by atoms with Gasteiger partial charge in [-0.05, 0) is 24.1 Å². The molecule has 1 aliphatic heterocycles. The van der Waals surface area contributed by atoms with Gasteiger partial charge >= 0.3 is 0 Å². The van der Waals surface area contributed by atoms with Gasteiger partial charge < -0.3 is 10.6 Å². The average molecular weight is 649 g/mol. The first-order valence-corrected chi connectivity index (χ1v) is 16.8. The van der Waals surface area contributed by atoms with Crippen LogP contribution < -0.4 is 14.9 Å². The normalized spacial score (nSPS) is 13.3. The number of nitrogens with zero attached hydrogens (tertiary/aromatic N) is 6. The van der Waals surface area contributed by atoms with E-state index in [1.165, 1.54) is 29.4 Å². The lowest BCUT2D eigenvalue weighted by molar-refractivity contribution is 0.0655. The molecule has 1 unspecified atom stereocenters. The van der Waals surface area contributed by atoms with Crippen LogP contribution in [0.25, 0.3) is 11.4 Å². The number of amides is 2. The van der Waals surface area contributed by atoms with Crippen LogP contribution in [0.4, 0.5) is 17.6 Å². The highest BCUT2D eigenvalue weighted by Crippen LogP contribution is 2.27. The van der Waals surface area contributed by atoms with E-state index in [1.807, 2.05) is 60.7 Å². The van der Waals surface area contributed by atoms with Gasteiger partial charge in [0.25, 0.3) is 11.8 Å². The number of sulfonamides is 1. The van der Waals surface area contributed by atoms with Crippen LogP contribution >= 0.6 is 0 Å². The molecular formula is C34H32N8O4S. The molecule has 238 valence electrons. The van der Waals surface area contributed by atoms with Crippen LogP contribution in [0.5, 0.6) is 0 Å². The van der Waals surface area contributed by atoms with Gasteiger partial charge in [0.1, 0.15) is 0 Å². The summed E-state index contributed by atoms with van der Waals surface area (Å²) >= 11 is 0. The minimum atomic E-state index is -3.87. The Hall–Kier alpha value is -5.53. The topological polar surface area (TPSA) is 150 Å². The standard InChI is InChI=1S/C34H32N8O4S/c1-47(45,46)42(29-16-18-36-31(39-29)25-12-6-3-7-13-25)30-17-19-37-34(40-30)38-26(22-24-10-4-2-5-11-24)23-35-20-21-41-32(43)27-14-8-9-15-28(27)33(41)44/h2-19,26,35H,20-23H2,1H3,(H,37,38,40). The summed E-state index contributed by atoms with van der Waals surface area (Å²) in [5.41, 5.74) is 2.64. The molecule has 2 N–H and O–H groups in total. The van der Waals surface area contributed by atoms with Crippen molar-refractivity contribution < 1.29 is 18.0 Å². The van der Waals surface area contributed by atoms with Gasteiger partial charge in [0.2, 0.25) is 16.0 Å². The van der Waals surface area contributed by atoms with Gasteiger partial charge in [-0.15, -0.1) is 0 Å². The summed E-state index contributed by atoms with van der Waals surface area (Å²) in [4.78, 5) is 44.6. The third-order valence-electron chi connectivity index (χ3n) is 7.50. The predicted octanol–water partition coefficient (Wildman–Crippen LogP) is 3.94. The van der Waals surface area contributed by atoms with Crippen molar-refractivity contribution in [2.75, 3.05) is 35.5 Å². The van der Waals surface area contributed by atoms with Crippen molar-refractivity contribution >= 4 is 39.4 Å². The molecule has 2 aromatic heterocycles. The fourth-order valence-corrected chi connectivity index (χ4v) is 6.23. The monoisotopic (exact) mass is 648 g/mol. The number of aromatic nitrogens is 4. The first-order chi connectivity index (χ1) is 22.8. The number of rotatable bonds is 13. The van der Waals surface area contributed by atoms with Crippen molar-refractivity contribution in [1.82, 2.24) is 30.2 Å². The number of imide groups is 1. The number of hydrogen-bond acceptors (Lipinski definition) is 10. The van der Waals surface area contributed by atoms with E-state index in [-0.39, 0.29) is 42.0 Å². The number of fused-ring (bicyclic) bond motifs is 1. The minimum Gasteiger partial charge on any atom is -0.350 e. The summed E-state index contributed by atoms with van der Waals surface area (Å²) in [6.07, 6.45) is 4.67. The lowest BCUT2D eigenvalue weighted by Gasteiger charge is -2.23. The molecule has 0 saturated heterocycles. The third kappa shape index (κ3) is 7.32. The van der Waals surface area contributed by atoms with Crippen LogP contribution in [0.15, 0.2) is 109 Å². The van der Waals surface area contributed by atoms with Gasteiger partial charge in [-0.1, -0.05) is 72.8 Å². The van der Waals surface area contributed by atoms with Crippen molar-refractivity contribution in [3.8, 4) is 11.4 Å². The van der Waals surface area contributed by atoms with Gasteiger partial charge in [0, 0.05) is 55.8 Å². The van der Waals surface area contributed by atoms with Crippen molar-refractivity contribution in [2.24, 2.45) is 0 Å². The quantitative estimate of drug-likeness (QED) is 0.142. The lowest BCUT2D eigenvalue weighted by atomic mass is 10.1. The van der Waals surface area contributed by atoms with Crippen LogP contribution in [0, 0.1) is 0 Å². The van der Waals surface area contributed by atoms with E-state index in [1.54, 1.807) is 24.3 Å². The zero-order chi connectivity index (χ0) is 32.8. The predicted molar refractivity (Wildman–Crippen MR) is 179 cm³/mol. The Morgan fingerprint density at radius 1 is 0.766 bits per heavy atom. The molecule has 3 aromatic carbocycles. The summed E-state index contributed by atoms with van der Waals surface area (Å²) in [6, 6.07) is 28.7. The third-order valence-corrected chi connectivity index (χ3v) is 8.54. The maximum absolute atomic E-state index is 13.1. The highest BCUT2D eigenvalue weighted by atomic mass is 32.2. The van der Waals surface area contributed by atoms with Crippen molar-refractivity contribution in [2.45, 2.75) is 12.5 Å². The van der Waals surface area contributed by atoms with Gasteiger partial charge in [-0.3, -0.25) is 14.5 Å². The Morgan fingerprint density at radius 2 is 1.36 bits per heavy atom. The molecule has 6 rings (SSSR count). The van der Waals surface area contributed by atoms with E-state index >= 15 is 0 Å². The average Bonchev–Trinajstić information content (AvgIpc) is 3.32. The molecule has 1 aliphatic rings. The Kier molecular flexibility index (Phi) is 9.27. The minimum absolute atomic E-state index is 0.111. The van der Waals surface area contributed by atoms with E-state index in [0.717, 1.165) is 21.7 Å². The molecule has 12 nitrogen and oxygen atoms in total. The molecular weight excluding hydrogens is 616 g/mol. The first kappa shape index (κ1) is 31.5. The Bertz CT molecular complexity index is 1960. The van der Waals surface area contributed by atoms with Gasteiger partial charge in [-0.2, -0.15) is 4.98 Å². The largest absolute Gasteiger partial charge is 0.350 e. The number of carbonyl (C=O) groups excluding carboxylic acids is 2. The summed E-state index contributed by atoms with van der Waals surface area (Å²) in [5.74, 6) is 0.246. The van der Waals surface area contributed by atoms with Crippen molar-refractivity contribution in [3.63, 3.8) is 0 Å². The molecule has 0 saturated carbocycles. The van der Waals surface area contributed by atoms with E-state index in [2.05, 4.69) is 30.6 Å². The lowest BCUT2D eigenvalue weighted by Crippen LogP contribution is -2.41. The molecule has 1 atom stereocenters. The highest BCUT2D eigenvalue weighted by molar-refractivity contribution is 7.92. The van der Waals surface area contributed by atoms with Gasteiger partial charge in [0.05, 0.1) is 17.4 Å². The molecule has 0 bridgehead atoms. The Labute approximate surface area is 272 Å². The highest BCUT2D eigenvalue weighted by Gasteiger charge is 2.34. The van der Waals surface area contributed by atoms with E-state index < -0.39 is 10.0 Å². The van der Waals surface area contributed by atoms with Gasteiger partial charge in [0.15, 0.2) is 17.5 Å². The van der Waals surface area contributed by atoms with Crippen molar-refractivity contribution in [1.29, 1.82) is 0 Å². The number of carbonyl (C=O) groups is 2. The fourth-order valence-electron chi connectivity index (χ4n) is 5.34. The van der Waals surface area contributed by atoms with Crippen LogP contribution in [0.1, 0.15) is 26.3 Å². The summed E-state index contributed by atoms with van der Waals surface area (Å²) < 4.78 is 27.2. The van der Waals surface area contributed by atoms with E-state index in [4.69, 9.17) is 0 Å². The molecule has 0 aliphatic carbocycles. The first-order valence-electron chi connectivity index (χ1n) is 15.0. The zero-order valence-corrected chi connectivity index (χ0v) is 26.3. The van der Waals surface area contributed by atoms with Gasteiger partial charge in [-0.25, -0.2) is 27.7 Å². The second-order valence-corrected chi connectivity index (χ2v) is 12.7. The molecule has 3 heterocycles. The number of hydrogen-bond donors (Lipinski definition) is 2. The fraction of sp³-hybridized carbons (Fsp3) is 0.176. The molecule has 2 amide bonds. The molecule has 47 heavy (non-hydrogen) atoms. The molecule has 0 spiro atoms. The Morgan fingerprint density at radius 3 is 2.02 bits per heavy atom. The molecule has 5 aromatic rings. The molecule has 13 heteroatoms. The second-order valence-electron chi connectivity index (χ2n) is 10.9. The number of nitrogens with one attached hydrogen (secondary N) is 2. The number of benzene rings is 3. The summed E-state index contributed by atoms with van der Waals surface area (Å²) in [6.45, 7) is 1.02. The van der Waals surface area contributed by atoms with Crippen LogP contribution in [0.2, 0.25) is 0 Å². The second kappa shape index (κ2) is 13.8. The molecule has 0 fully saturated rings. The zero-order valence-electron chi connectivity index (χ0n) is 25.5. The van der Waals surface area contributed by atoms with Crippen LogP contribution in [-0.2, 0) is 16.4 Å². The SMILES string of the molecule is CS(=O)(=O)N(c1ccnc(NC(CNCCN2C(=O)c3ccccc3C2=O)Cc2ccccc2)n1)c1ccnc(-c2ccccc2)n1. The van der Waals surface area contributed by atoms with Crippen LogP contribution in [-0.4, -0.2) is 77.0 Å². The summed E-state index contributed by atoms with van der Waals surface area (Å²) in [7, 11) is -3.87. The van der Waals surface area contributed by atoms with E-state index in [9.17, 15) is 18.0 Å². The van der Waals surface area contributed by atoms with Crippen LogP contribution in [0.3, 0.4) is 0 Å². The maximum atomic E-state index is 13.1. The van der Waals surface area contributed by atoms with Crippen molar-refractivity contribution in [3.05, 3.63) is 126 Å². The number of anilines is 3. The smallest absolute Gasteiger partial charge is 0.261 e. The molecule has 0 radical (unpaired) electrons. The summed E-state index contributed by atoms with van der Waals surface area (Å²) in [5, 5.41) is 6.68.